The predicted molar refractivity (Wildman–Crippen MR) is 110 cm³/mol. The SMILES string of the molecule is CCOC(=O)N1CCC(NC(=O)/C=C/c2ccc(Oc3cccnc3)c(F)c2)CC1. The molecule has 0 atom stereocenters. The summed E-state index contributed by atoms with van der Waals surface area (Å²) >= 11 is 0. The molecular weight excluding hydrogens is 389 g/mol. The molecule has 0 saturated carbocycles. The summed E-state index contributed by atoms with van der Waals surface area (Å²) in [4.78, 5) is 29.4. The van der Waals surface area contributed by atoms with Crippen molar-refractivity contribution in [3.63, 3.8) is 0 Å². The highest BCUT2D eigenvalue weighted by Crippen LogP contribution is 2.24. The fourth-order valence-electron chi connectivity index (χ4n) is 3.08. The van der Waals surface area contributed by atoms with Crippen LogP contribution in [0.15, 0.2) is 48.8 Å². The van der Waals surface area contributed by atoms with E-state index in [1.165, 1.54) is 24.4 Å². The zero-order valence-electron chi connectivity index (χ0n) is 16.7. The summed E-state index contributed by atoms with van der Waals surface area (Å²) < 4.78 is 24.7. The van der Waals surface area contributed by atoms with Gasteiger partial charge >= 0.3 is 6.09 Å². The number of benzene rings is 1. The number of ether oxygens (including phenoxy) is 2. The molecule has 0 unspecified atom stereocenters. The molecule has 1 fully saturated rings. The summed E-state index contributed by atoms with van der Waals surface area (Å²) in [5.74, 6) is -0.278. The Morgan fingerprint density at radius 2 is 2.10 bits per heavy atom. The molecule has 2 heterocycles. The van der Waals surface area contributed by atoms with Crippen LogP contribution >= 0.6 is 0 Å². The van der Waals surface area contributed by atoms with Gasteiger partial charge in [-0.05, 0) is 55.7 Å². The monoisotopic (exact) mass is 413 g/mol. The van der Waals surface area contributed by atoms with E-state index in [2.05, 4.69) is 10.3 Å². The number of hydrogen-bond acceptors (Lipinski definition) is 5. The summed E-state index contributed by atoms with van der Waals surface area (Å²) in [7, 11) is 0. The minimum absolute atomic E-state index is 0.0141. The van der Waals surface area contributed by atoms with Gasteiger partial charge < -0.3 is 19.7 Å². The summed E-state index contributed by atoms with van der Waals surface area (Å²) in [6, 6.07) is 7.83. The lowest BCUT2D eigenvalue weighted by molar-refractivity contribution is -0.117. The summed E-state index contributed by atoms with van der Waals surface area (Å²) in [5, 5.41) is 2.91. The normalized spacial score (nSPS) is 14.5. The Bertz CT molecular complexity index is 897. The van der Waals surface area contributed by atoms with Crippen LogP contribution in [0.5, 0.6) is 11.5 Å². The Labute approximate surface area is 174 Å². The third kappa shape index (κ3) is 6.04. The highest BCUT2D eigenvalue weighted by Gasteiger charge is 2.24. The van der Waals surface area contributed by atoms with Crippen LogP contribution in [-0.4, -0.2) is 47.6 Å². The average molecular weight is 413 g/mol. The maximum atomic E-state index is 14.3. The predicted octanol–water partition coefficient (Wildman–Crippen LogP) is 3.76. The molecule has 1 aliphatic heterocycles. The molecule has 0 spiro atoms. The number of rotatable bonds is 6. The lowest BCUT2D eigenvalue weighted by Gasteiger charge is -2.31. The fourth-order valence-corrected chi connectivity index (χ4v) is 3.08. The number of likely N-dealkylation sites (tertiary alicyclic amines) is 1. The van der Waals surface area contributed by atoms with Crippen molar-refractivity contribution < 1.29 is 23.5 Å². The highest BCUT2D eigenvalue weighted by molar-refractivity contribution is 5.91. The first-order valence-electron chi connectivity index (χ1n) is 9.83. The number of nitrogens with zero attached hydrogens (tertiary/aromatic N) is 2. The second-order valence-electron chi connectivity index (χ2n) is 6.78. The number of aromatic nitrogens is 1. The average Bonchev–Trinajstić information content (AvgIpc) is 2.75. The van der Waals surface area contributed by atoms with Crippen molar-refractivity contribution in [2.24, 2.45) is 0 Å². The summed E-state index contributed by atoms with van der Waals surface area (Å²) in [6.07, 6.45) is 7.01. The number of hydrogen-bond donors (Lipinski definition) is 1. The topological polar surface area (TPSA) is 80.8 Å². The molecule has 1 N–H and O–H groups in total. The molecule has 0 radical (unpaired) electrons. The van der Waals surface area contributed by atoms with Crippen molar-refractivity contribution in [3.8, 4) is 11.5 Å². The summed E-state index contributed by atoms with van der Waals surface area (Å²) in [5.41, 5.74) is 0.540. The maximum absolute atomic E-state index is 14.3. The molecule has 0 bridgehead atoms. The van der Waals surface area contributed by atoms with Crippen molar-refractivity contribution in [1.82, 2.24) is 15.2 Å². The Morgan fingerprint density at radius 3 is 2.77 bits per heavy atom. The number of nitrogens with one attached hydrogen (secondary N) is 1. The van der Waals surface area contributed by atoms with Crippen LogP contribution in [0, 0.1) is 5.82 Å². The van der Waals surface area contributed by atoms with Crippen LogP contribution in [0.4, 0.5) is 9.18 Å². The lowest BCUT2D eigenvalue weighted by atomic mass is 10.1. The standard InChI is InChI=1S/C22H24FN3O4/c1-2-29-22(28)26-12-9-17(10-13-26)25-21(27)8-6-16-5-7-20(19(23)14-16)30-18-4-3-11-24-15-18/h3-8,11,14-15,17H,2,9-10,12-13H2,1H3,(H,25,27)/b8-6+. The van der Waals surface area contributed by atoms with Crippen LogP contribution in [0.3, 0.4) is 0 Å². The molecule has 7 nitrogen and oxygen atoms in total. The van der Waals surface area contributed by atoms with Crippen molar-refractivity contribution in [3.05, 3.63) is 60.2 Å². The van der Waals surface area contributed by atoms with Crippen LogP contribution in [0.1, 0.15) is 25.3 Å². The third-order valence-corrected chi connectivity index (χ3v) is 4.61. The molecule has 0 aliphatic carbocycles. The van der Waals surface area contributed by atoms with E-state index in [9.17, 15) is 14.0 Å². The first-order valence-corrected chi connectivity index (χ1v) is 9.83. The smallest absolute Gasteiger partial charge is 0.409 e. The largest absolute Gasteiger partial charge is 0.453 e. The molecule has 1 aliphatic rings. The molecule has 1 aromatic carbocycles. The molecule has 2 aromatic rings. The number of halogens is 1. The Morgan fingerprint density at radius 1 is 1.30 bits per heavy atom. The van der Waals surface area contributed by atoms with Gasteiger partial charge in [0, 0.05) is 31.4 Å². The molecule has 158 valence electrons. The molecule has 2 amide bonds. The van der Waals surface area contributed by atoms with Crippen molar-refractivity contribution in [1.29, 1.82) is 0 Å². The highest BCUT2D eigenvalue weighted by atomic mass is 19.1. The lowest BCUT2D eigenvalue weighted by Crippen LogP contribution is -2.46. The Kier molecular flexibility index (Phi) is 7.37. The van der Waals surface area contributed by atoms with Gasteiger partial charge in [0.15, 0.2) is 11.6 Å². The first-order chi connectivity index (χ1) is 14.5. The third-order valence-electron chi connectivity index (χ3n) is 4.61. The minimum Gasteiger partial charge on any atom is -0.453 e. The van der Waals surface area contributed by atoms with E-state index in [1.54, 1.807) is 42.3 Å². The van der Waals surface area contributed by atoms with Gasteiger partial charge in [-0.2, -0.15) is 0 Å². The zero-order valence-corrected chi connectivity index (χ0v) is 16.7. The van der Waals surface area contributed by atoms with E-state index in [1.807, 2.05) is 0 Å². The second-order valence-corrected chi connectivity index (χ2v) is 6.78. The van der Waals surface area contributed by atoms with Gasteiger partial charge in [-0.15, -0.1) is 0 Å². The number of amides is 2. The van der Waals surface area contributed by atoms with Gasteiger partial charge in [-0.3, -0.25) is 9.78 Å². The first kappa shape index (κ1) is 21.3. The van der Waals surface area contributed by atoms with Gasteiger partial charge in [-0.1, -0.05) is 6.07 Å². The van der Waals surface area contributed by atoms with Crippen LogP contribution in [0.2, 0.25) is 0 Å². The van der Waals surface area contributed by atoms with E-state index in [-0.39, 0.29) is 23.8 Å². The number of pyridine rings is 1. The van der Waals surface area contributed by atoms with E-state index < -0.39 is 5.82 Å². The van der Waals surface area contributed by atoms with Gasteiger partial charge in [0.25, 0.3) is 0 Å². The van der Waals surface area contributed by atoms with Crippen molar-refractivity contribution >= 4 is 18.1 Å². The van der Waals surface area contributed by atoms with E-state index in [0.29, 0.717) is 43.9 Å². The van der Waals surface area contributed by atoms with Gasteiger partial charge in [-0.25, -0.2) is 9.18 Å². The molecule has 30 heavy (non-hydrogen) atoms. The Balaban J connectivity index is 1.49. The van der Waals surface area contributed by atoms with E-state index >= 15 is 0 Å². The van der Waals surface area contributed by atoms with Crippen molar-refractivity contribution in [2.75, 3.05) is 19.7 Å². The van der Waals surface area contributed by atoms with Crippen LogP contribution < -0.4 is 10.1 Å². The zero-order chi connectivity index (χ0) is 21.3. The van der Waals surface area contributed by atoms with Crippen LogP contribution in [0.25, 0.3) is 6.08 Å². The second kappa shape index (κ2) is 10.4. The Hall–Kier alpha value is -3.42. The number of carbonyl (C=O) groups excluding carboxylic acids is 2. The number of carbonyl (C=O) groups is 2. The quantitative estimate of drug-likeness (QED) is 0.730. The van der Waals surface area contributed by atoms with Gasteiger partial charge in [0.2, 0.25) is 5.91 Å². The van der Waals surface area contributed by atoms with Gasteiger partial charge in [0.1, 0.15) is 5.75 Å². The number of piperidine rings is 1. The maximum Gasteiger partial charge on any atom is 0.409 e. The molecule has 8 heteroatoms. The molecule has 1 saturated heterocycles. The fraction of sp³-hybridized carbons (Fsp3) is 0.318. The van der Waals surface area contributed by atoms with Crippen molar-refractivity contribution in [2.45, 2.75) is 25.8 Å². The minimum atomic E-state index is -0.534. The molecular formula is C22H24FN3O4. The van der Waals surface area contributed by atoms with E-state index in [0.717, 1.165) is 0 Å². The molecule has 3 rings (SSSR count). The summed E-state index contributed by atoms with van der Waals surface area (Å²) in [6.45, 7) is 3.19. The van der Waals surface area contributed by atoms with E-state index in [4.69, 9.17) is 9.47 Å². The van der Waals surface area contributed by atoms with Gasteiger partial charge in [0.05, 0.1) is 12.8 Å². The van der Waals surface area contributed by atoms with Crippen LogP contribution in [-0.2, 0) is 9.53 Å². The molecule has 1 aromatic heterocycles.